The normalized spacial score (nSPS) is 33.0. The highest BCUT2D eigenvalue weighted by molar-refractivity contribution is 4.75. The van der Waals surface area contributed by atoms with Crippen LogP contribution in [0.25, 0.3) is 0 Å². The van der Waals surface area contributed by atoms with Gasteiger partial charge in [-0.1, -0.05) is 39.0 Å². The Morgan fingerprint density at radius 1 is 1.06 bits per heavy atom. The number of nitrogens with zero attached hydrogens (tertiary/aromatic N) is 1. The summed E-state index contributed by atoms with van der Waals surface area (Å²) in [5, 5.41) is 3.63. The van der Waals surface area contributed by atoms with Crippen molar-refractivity contribution in [2.75, 3.05) is 26.2 Å². The topological polar surface area (TPSA) is 15.3 Å². The van der Waals surface area contributed by atoms with Crippen LogP contribution in [-0.2, 0) is 0 Å². The van der Waals surface area contributed by atoms with Crippen molar-refractivity contribution >= 4 is 0 Å². The van der Waals surface area contributed by atoms with Gasteiger partial charge in [0.05, 0.1) is 0 Å². The summed E-state index contributed by atoms with van der Waals surface area (Å²) in [6, 6.07) is 0.699. The van der Waals surface area contributed by atoms with Crippen molar-refractivity contribution in [2.45, 2.75) is 64.8 Å². The van der Waals surface area contributed by atoms with Gasteiger partial charge in [-0.15, -0.1) is 0 Å². The van der Waals surface area contributed by atoms with Gasteiger partial charge in [-0.05, 0) is 51.2 Å². The molecule has 106 valence electrons. The minimum absolute atomic E-state index is 0.699. The maximum atomic E-state index is 3.63. The number of nitrogens with one attached hydrogen (secondary N) is 1. The molecule has 2 nitrogen and oxygen atoms in total. The summed E-state index contributed by atoms with van der Waals surface area (Å²) in [5.74, 6) is 1.84. The zero-order valence-electron chi connectivity index (χ0n) is 12.5. The molecule has 0 bridgehead atoms. The second-order valence-electron chi connectivity index (χ2n) is 6.80. The van der Waals surface area contributed by atoms with Crippen LogP contribution >= 0.6 is 0 Å². The van der Waals surface area contributed by atoms with Crippen LogP contribution in [-0.4, -0.2) is 37.1 Å². The van der Waals surface area contributed by atoms with E-state index < -0.39 is 0 Å². The number of hydrogen-bond acceptors (Lipinski definition) is 2. The van der Waals surface area contributed by atoms with Crippen molar-refractivity contribution in [1.29, 1.82) is 0 Å². The molecular weight excluding hydrogens is 220 g/mol. The maximum Gasteiger partial charge on any atom is 0.00510 e. The molecule has 0 aromatic heterocycles. The Kier molecular flexibility index (Phi) is 5.97. The molecule has 1 N–H and O–H groups in total. The standard InChI is InChI=1S/C16H32N2/c1-14-12-17-15(2)8-10-18(13-14)11-9-16-6-4-3-5-7-16/h14-17H,3-13H2,1-2H3. The van der Waals surface area contributed by atoms with Crippen molar-refractivity contribution < 1.29 is 0 Å². The van der Waals surface area contributed by atoms with Crippen LogP contribution < -0.4 is 5.32 Å². The van der Waals surface area contributed by atoms with Crippen LogP contribution in [0.3, 0.4) is 0 Å². The fraction of sp³-hybridized carbons (Fsp3) is 1.00. The predicted octanol–water partition coefficient (Wildman–Crippen LogP) is 3.28. The number of rotatable bonds is 3. The van der Waals surface area contributed by atoms with E-state index in [9.17, 15) is 0 Å². The first-order valence-corrected chi connectivity index (χ1v) is 8.20. The molecule has 18 heavy (non-hydrogen) atoms. The Morgan fingerprint density at radius 2 is 1.83 bits per heavy atom. The van der Waals surface area contributed by atoms with Crippen molar-refractivity contribution in [1.82, 2.24) is 10.2 Å². The highest BCUT2D eigenvalue weighted by Gasteiger charge is 2.18. The minimum atomic E-state index is 0.699. The third kappa shape index (κ3) is 4.89. The molecular formula is C16H32N2. The van der Waals surface area contributed by atoms with Crippen LogP contribution in [0.15, 0.2) is 0 Å². The molecule has 0 amide bonds. The van der Waals surface area contributed by atoms with Crippen LogP contribution in [0.4, 0.5) is 0 Å². The first-order valence-electron chi connectivity index (χ1n) is 8.20. The van der Waals surface area contributed by atoms with Crippen LogP contribution in [0.1, 0.15) is 58.8 Å². The van der Waals surface area contributed by atoms with E-state index in [1.165, 1.54) is 71.1 Å². The van der Waals surface area contributed by atoms with E-state index in [0.717, 1.165) is 11.8 Å². The molecule has 1 saturated heterocycles. The average molecular weight is 252 g/mol. The average Bonchev–Trinajstić information content (AvgIpc) is 2.39. The monoisotopic (exact) mass is 252 g/mol. The summed E-state index contributed by atoms with van der Waals surface area (Å²) < 4.78 is 0. The summed E-state index contributed by atoms with van der Waals surface area (Å²) in [6.45, 7) is 9.86. The highest BCUT2D eigenvalue weighted by Crippen LogP contribution is 2.26. The molecule has 2 aliphatic rings. The lowest BCUT2D eigenvalue weighted by Crippen LogP contribution is -2.43. The Labute approximate surface area is 114 Å². The predicted molar refractivity (Wildman–Crippen MR) is 78.9 cm³/mol. The molecule has 2 atom stereocenters. The summed E-state index contributed by atoms with van der Waals surface area (Å²) >= 11 is 0. The fourth-order valence-corrected chi connectivity index (χ4v) is 3.52. The van der Waals surface area contributed by atoms with Gasteiger partial charge in [-0.25, -0.2) is 0 Å². The van der Waals surface area contributed by atoms with Gasteiger partial charge in [0.2, 0.25) is 0 Å². The second kappa shape index (κ2) is 7.49. The Hall–Kier alpha value is -0.0800. The van der Waals surface area contributed by atoms with Crippen LogP contribution in [0.5, 0.6) is 0 Å². The molecule has 2 fully saturated rings. The van der Waals surface area contributed by atoms with Gasteiger partial charge in [-0.3, -0.25) is 0 Å². The number of hydrogen-bond donors (Lipinski definition) is 1. The molecule has 2 heteroatoms. The van der Waals surface area contributed by atoms with Gasteiger partial charge < -0.3 is 10.2 Å². The van der Waals surface area contributed by atoms with E-state index in [1.54, 1.807) is 0 Å². The first-order chi connectivity index (χ1) is 8.74. The van der Waals surface area contributed by atoms with Crippen molar-refractivity contribution in [2.24, 2.45) is 11.8 Å². The van der Waals surface area contributed by atoms with Crippen molar-refractivity contribution in [3.8, 4) is 0 Å². The third-order valence-electron chi connectivity index (χ3n) is 4.84. The van der Waals surface area contributed by atoms with E-state index in [1.807, 2.05) is 0 Å². The van der Waals surface area contributed by atoms with Crippen LogP contribution in [0.2, 0.25) is 0 Å². The highest BCUT2D eigenvalue weighted by atomic mass is 15.1. The lowest BCUT2D eigenvalue weighted by molar-refractivity contribution is 0.182. The SMILES string of the molecule is CC1CNC(C)CCN(CCC2CCCCC2)C1. The fourth-order valence-electron chi connectivity index (χ4n) is 3.52. The Bertz CT molecular complexity index is 223. The summed E-state index contributed by atoms with van der Waals surface area (Å²) in [6.07, 6.45) is 10.2. The Morgan fingerprint density at radius 3 is 2.61 bits per heavy atom. The summed E-state index contributed by atoms with van der Waals surface area (Å²) in [5.41, 5.74) is 0. The minimum Gasteiger partial charge on any atom is -0.314 e. The van der Waals surface area contributed by atoms with Crippen molar-refractivity contribution in [3.63, 3.8) is 0 Å². The quantitative estimate of drug-likeness (QED) is 0.829. The molecule has 1 aliphatic heterocycles. The molecule has 0 aromatic rings. The molecule has 0 radical (unpaired) electrons. The van der Waals surface area contributed by atoms with Gasteiger partial charge in [0.1, 0.15) is 0 Å². The van der Waals surface area contributed by atoms with Gasteiger partial charge in [0.25, 0.3) is 0 Å². The zero-order chi connectivity index (χ0) is 12.8. The van der Waals surface area contributed by atoms with Gasteiger partial charge in [-0.2, -0.15) is 0 Å². The second-order valence-corrected chi connectivity index (χ2v) is 6.80. The Balaban J connectivity index is 1.72. The summed E-state index contributed by atoms with van der Waals surface area (Å²) in [7, 11) is 0. The molecule has 0 spiro atoms. The van der Waals surface area contributed by atoms with E-state index in [0.29, 0.717) is 6.04 Å². The molecule has 2 unspecified atom stereocenters. The molecule has 1 saturated carbocycles. The lowest BCUT2D eigenvalue weighted by atomic mass is 9.87. The van der Waals surface area contributed by atoms with Crippen LogP contribution in [0, 0.1) is 11.8 Å². The van der Waals surface area contributed by atoms with Gasteiger partial charge in [0, 0.05) is 12.6 Å². The summed E-state index contributed by atoms with van der Waals surface area (Å²) in [4.78, 5) is 2.73. The van der Waals surface area contributed by atoms with E-state index in [2.05, 4.69) is 24.1 Å². The smallest absolute Gasteiger partial charge is 0.00510 e. The molecule has 1 aliphatic carbocycles. The van der Waals surface area contributed by atoms with Gasteiger partial charge >= 0.3 is 0 Å². The lowest BCUT2D eigenvalue weighted by Gasteiger charge is -2.32. The first kappa shape index (κ1) is 14.3. The van der Waals surface area contributed by atoms with Crippen molar-refractivity contribution in [3.05, 3.63) is 0 Å². The molecule has 1 heterocycles. The van der Waals surface area contributed by atoms with E-state index in [4.69, 9.17) is 0 Å². The van der Waals surface area contributed by atoms with E-state index >= 15 is 0 Å². The van der Waals surface area contributed by atoms with Gasteiger partial charge in [0.15, 0.2) is 0 Å². The zero-order valence-corrected chi connectivity index (χ0v) is 12.5. The third-order valence-corrected chi connectivity index (χ3v) is 4.84. The largest absolute Gasteiger partial charge is 0.314 e. The maximum absolute atomic E-state index is 3.63. The van der Waals surface area contributed by atoms with E-state index in [-0.39, 0.29) is 0 Å². The molecule has 2 rings (SSSR count). The molecule has 0 aromatic carbocycles.